The van der Waals surface area contributed by atoms with Crippen molar-refractivity contribution in [1.29, 1.82) is 5.26 Å². The van der Waals surface area contributed by atoms with Crippen LogP contribution in [-0.2, 0) is 6.42 Å². The molecule has 0 amide bonds. The molecule has 0 radical (unpaired) electrons. The van der Waals surface area contributed by atoms with Crippen LogP contribution < -0.4 is 0 Å². The third-order valence-corrected chi connectivity index (χ3v) is 4.29. The second kappa shape index (κ2) is 7.42. The van der Waals surface area contributed by atoms with Crippen molar-refractivity contribution in [2.24, 2.45) is 0 Å². The van der Waals surface area contributed by atoms with E-state index in [1.54, 1.807) is 41.1 Å². The molecular weight excluding hydrogens is 350 g/mol. The number of aromatic nitrogens is 2. The first-order chi connectivity index (χ1) is 12.5. The van der Waals surface area contributed by atoms with Crippen molar-refractivity contribution < 1.29 is 9.90 Å². The van der Waals surface area contributed by atoms with Crippen molar-refractivity contribution in [2.75, 3.05) is 0 Å². The molecule has 0 saturated heterocycles. The largest absolute Gasteiger partial charge is 0.478 e. The summed E-state index contributed by atoms with van der Waals surface area (Å²) in [7, 11) is 0. The molecule has 3 aromatic rings. The Hall–Kier alpha value is -3.10. The maximum absolute atomic E-state index is 12.0. The third kappa shape index (κ3) is 3.32. The van der Waals surface area contributed by atoms with E-state index in [1.807, 2.05) is 19.1 Å². The molecule has 0 spiro atoms. The highest BCUT2D eigenvalue weighted by Gasteiger charge is 2.24. The van der Waals surface area contributed by atoms with Crippen LogP contribution in [0.4, 0.5) is 0 Å². The van der Waals surface area contributed by atoms with Crippen LogP contribution in [0.5, 0.6) is 0 Å². The average Bonchev–Trinajstić information content (AvgIpc) is 3.02. The quantitative estimate of drug-likeness (QED) is 0.709. The van der Waals surface area contributed by atoms with Gasteiger partial charge >= 0.3 is 5.97 Å². The van der Waals surface area contributed by atoms with Crippen molar-refractivity contribution in [3.63, 3.8) is 0 Å². The molecular formula is C20H16ClN3O2. The molecule has 130 valence electrons. The molecule has 1 aromatic heterocycles. The number of carboxylic acid groups (broad SMARTS) is 1. The summed E-state index contributed by atoms with van der Waals surface area (Å²) in [6.45, 7) is 1.99. The minimum atomic E-state index is -1.02. The molecule has 0 bridgehead atoms. The van der Waals surface area contributed by atoms with E-state index in [4.69, 9.17) is 16.9 Å². The van der Waals surface area contributed by atoms with Gasteiger partial charge in [0.2, 0.25) is 0 Å². The van der Waals surface area contributed by atoms with E-state index in [9.17, 15) is 9.90 Å². The summed E-state index contributed by atoms with van der Waals surface area (Å²) in [6.07, 6.45) is 1.36. The summed E-state index contributed by atoms with van der Waals surface area (Å²) >= 11 is 5.96. The van der Waals surface area contributed by atoms with Crippen LogP contribution in [0.2, 0.25) is 5.02 Å². The molecule has 5 nitrogen and oxygen atoms in total. The summed E-state index contributed by atoms with van der Waals surface area (Å²) in [5.74, 6) is -1.02. The van der Waals surface area contributed by atoms with Gasteiger partial charge in [-0.2, -0.15) is 10.4 Å². The number of benzene rings is 2. The van der Waals surface area contributed by atoms with Crippen LogP contribution in [0.3, 0.4) is 0 Å². The van der Waals surface area contributed by atoms with Gasteiger partial charge < -0.3 is 5.11 Å². The van der Waals surface area contributed by atoms with Crippen LogP contribution in [0, 0.1) is 11.3 Å². The molecule has 0 saturated carbocycles. The normalized spacial score (nSPS) is 10.5. The molecule has 0 aliphatic carbocycles. The van der Waals surface area contributed by atoms with Gasteiger partial charge in [0.1, 0.15) is 11.3 Å². The molecule has 0 fully saturated rings. The zero-order valence-corrected chi connectivity index (χ0v) is 14.9. The molecule has 2 aromatic carbocycles. The highest BCUT2D eigenvalue weighted by atomic mass is 35.5. The first-order valence-corrected chi connectivity index (χ1v) is 8.54. The Labute approximate surface area is 156 Å². The molecule has 6 heteroatoms. The third-order valence-electron chi connectivity index (χ3n) is 4.04. The predicted molar refractivity (Wildman–Crippen MR) is 99.7 cm³/mol. The lowest BCUT2D eigenvalue weighted by molar-refractivity contribution is 0.0696. The number of nitrogens with zero attached hydrogens (tertiary/aromatic N) is 3. The van der Waals surface area contributed by atoms with Crippen molar-refractivity contribution in [1.82, 2.24) is 9.78 Å². The van der Waals surface area contributed by atoms with Crippen molar-refractivity contribution in [3.8, 4) is 23.0 Å². The summed E-state index contributed by atoms with van der Waals surface area (Å²) in [5, 5.41) is 24.0. The molecule has 0 atom stereocenters. The zero-order chi connectivity index (χ0) is 18.7. The fourth-order valence-electron chi connectivity index (χ4n) is 2.85. The van der Waals surface area contributed by atoms with Crippen molar-refractivity contribution >= 4 is 17.6 Å². The fraction of sp³-hybridized carbons (Fsp3) is 0.150. The van der Waals surface area contributed by atoms with Crippen LogP contribution in [-0.4, -0.2) is 20.9 Å². The number of rotatable bonds is 5. The fourth-order valence-corrected chi connectivity index (χ4v) is 2.97. The van der Waals surface area contributed by atoms with Crippen molar-refractivity contribution in [2.45, 2.75) is 19.8 Å². The molecule has 0 unspecified atom stereocenters. The number of hydrogen-bond donors (Lipinski definition) is 1. The van der Waals surface area contributed by atoms with Crippen LogP contribution in [0.1, 0.15) is 35.0 Å². The second-order valence-electron chi connectivity index (χ2n) is 5.80. The highest BCUT2D eigenvalue weighted by molar-refractivity contribution is 6.30. The van der Waals surface area contributed by atoms with E-state index < -0.39 is 5.97 Å². The smallest absolute Gasteiger partial charge is 0.339 e. The number of hydrogen-bond acceptors (Lipinski definition) is 3. The lowest BCUT2D eigenvalue weighted by atomic mass is 10.0. The minimum Gasteiger partial charge on any atom is -0.478 e. The lowest BCUT2D eigenvalue weighted by Crippen LogP contribution is -2.06. The maximum Gasteiger partial charge on any atom is 0.339 e. The SMILES string of the molecule is CCCc1c(C(=O)O)c(-c2ccc(C#N)cc2)nn1-c1ccc(Cl)cc1. The Morgan fingerprint density at radius 1 is 1.19 bits per heavy atom. The minimum absolute atomic E-state index is 0.187. The van der Waals surface area contributed by atoms with Gasteiger partial charge in [-0.15, -0.1) is 0 Å². The highest BCUT2D eigenvalue weighted by Crippen LogP contribution is 2.29. The average molecular weight is 366 g/mol. The van der Waals surface area contributed by atoms with E-state index in [-0.39, 0.29) is 5.56 Å². The summed E-state index contributed by atoms with van der Waals surface area (Å²) in [4.78, 5) is 12.0. The molecule has 1 N–H and O–H groups in total. The van der Waals surface area contributed by atoms with Gasteiger partial charge in [0.15, 0.2) is 0 Å². The maximum atomic E-state index is 12.0. The number of nitriles is 1. The monoisotopic (exact) mass is 365 g/mol. The molecule has 26 heavy (non-hydrogen) atoms. The van der Waals surface area contributed by atoms with Gasteiger partial charge in [0.25, 0.3) is 0 Å². The second-order valence-corrected chi connectivity index (χ2v) is 6.24. The van der Waals surface area contributed by atoms with Gasteiger partial charge in [0.05, 0.1) is 23.0 Å². The van der Waals surface area contributed by atoms with E-state index in [0.29, 0.717) is 34.0 Å². The lowest BCUT2D eigenvalue weighted by Gasteiger charge is -2.07. The van der Waals surface area contributed by atoms with Crippen LogP contribution in [0.15, 0.2) is 48.5 Å². The Bertz CT molecular complexity index is 984. The first-order valence-electron chi connectivity index (χ1n) is 8.16. The van der Waals surface area contributed by atoms with E-state index in [0.717, 1.165) is 12.1 Å². The number of carbonyl (C=O) groups is 1. The van der Waals surface area contributed by atoms with Crippen molar-refractivity contribution in [3.05, 3.63) is 70.4 Å². The van der Waals surface area contributed by atoms with Gasteiger partial charge in [-0.3, -0.25) is 0 Å². The Balaban J connectivity index is 2.23. The molecule has 3 rings (SSSR count). The summed E-state index contributed by atoms with van der Waals surface area (Å²) < 4.78 is 1.66. The van der Waals surface area contributed by atoms with Crippen LogP contribution in [0.25, 0.3) is 16.9 Å². The van der Waals surface area contributed by atoms with E-state index in [2.05, 4.69) is 11.2 Å². The number of aromatic carboxylic acids is 1. The Kier molecular flexibility index (Phi) is 5.06. The molecule has 0 aliphatic rings. The number of halogens is 1. The molecule has 1 heterocycles. The Morgan fingerprint density at radius 2 is 1.85 bits per heavy atom. The first kappa shape index (κ1) is 17.7. The zero-order valence-electron chi connectivity index (χ0n) is 14.1. The predicted octanol–water partition coefficient (Wildman–Crippen LogP) is 4.72. The van der Waals surface area contributed by atoms with Gasteiger partial charge in [-0.05, 0) is 42.8 Å². The van der Waals surface area contributed by atoms with Crippen LogP contribution >= 0.6 is 11.6 Å². The number of carboxylic acids is 1. The van der Waals surface area contributed by atoms with Gasteiger partial charge in [-0.1, -0.05) is 37.1 Å². The van der Waals surface area contributed by atoms with E-state index >= 15 is 0 Å². The van der Waals surface area contributed by atoms with Gasteiger partial charge in [-0.25, -0.2) is 9.48 Å². The molecule has 0 aliphatic heterocycles. The summed E-state index contributed by atoms with van der Waals surface area (Å²) in [6, 6.07) is 15.9. The summed E-state index contributed by atoms with van der Waals surface area (Å²) in [5.41, 5.74) is 3.14. The Morgan fingerprint density at radius 3 is 2.38 bits per heavy atom. The van der Waals surface area contributed by atoms with Gasteiger partial charge in [0, 0.05) is 10.6 Å². The standard InChI is InChI=1S/C20H16ClN3O2/c1-2-3-17-18(20(25)26)19(14-6-4-13(12-22)5-7-14)23-24(17)16-10-8-15(21)9-11-16/h4-11H,2-3H2,1H3,(H,25,26). The topological polar surface area (TPSA) is 78.9 Å². The van der Waals surface area contributed by atoms with E-state index in [1.165, 1.54) is 0 Å².